The number of fused-ring (bicyclic) bond motifs is 1. The van der Waals surface area contributed by atoms with Crippen molar-refractivity contribution in [3.8, 4) is 28.1 Å². The second-order valence-corrected chi connectivity index (χ2v) is 9.62. The van der Waals surface area contributed by atoms with Crippen LogP contribution in [0.3, 0.4) is 0 Å². The maximum Gasteiger partial charge on any atom is 0.224 e. The zero-order valence-electron chi connectivity index (χ0n) is 20.5. The van der Waals surface area contributed by atoms with Crippen molar-refractivity contribution in [1.82, 2.24) is 9.38 Å². The van der Waals surface area contributed by atoms with Gasteiger partial charge in [-0.05, 0) is 72.5 Å². The number of carbonyl (C=O) groups is 1. The summed E-state index contributed by atoms with van der Waals surface area (Å²) in [4.78, 5) is 17.8. The lowest BCUT2D eigenvalue weighted by molar-refractivity contribution is -0.116. The number of aryl methyl sites for hydroxylation is 2. The van der Waals surface area contributed by atoms with Crippen LogP contribution in [-0.2, 0) is 11.2 Å². The van der Waals surface area contributed by atoms with Gasteiger partial charge in [0.05, 0.1) is 23.5 Å². The van der Waals surface area contributed by atoms with Crippen LogP contribution >= 0.6 is 23.2 Å². The number of hydrogen-bond acceptors (Lipinski definition) is 3. The van der Waals surface area contributed by atoms with Crippen molar-refractivity contribution in [3.63, 3.8) is 0 Å². The van der Waals surface area contributed by atoms with E-state index in [1.165, 1.54) is 0 Å². The van der Waals surface area contributed by atoms with Crippen molar-refractivity contribution >= 4 is 40.4 Å². The van der Waals surface area contributed by atoms with Gasteiger partial charge in [0.2, 0.25) is 5.91 Å². The summed E-state index contributed by atoms with van der Waals surface area (Å²) in [6.45, 7) is 2.05. The third-order valence-electron chi connectivity index (χ3n) is 6.29. The molecule has 1 amide bonds. The van der Waals surface area contributed by atoms with E-state index < -0.39 is 0 Å². The topological polar surface area (TPSA) is 55.6 Å². The number of methoxy groups -OCH3 is 1. The van der Waals surface area contributed by atoms with E-state index in [0.29, 0.717) is 27.9 Å². The van der Waals surface area contributed by atoms with E-state index in [-0.39, 0.29) is 12.3 Å². The van der Waals surface area contributed by atoms with Crippen LogP contribution in [-0.4, -0.2) is 22.4 Å². The number of pyridine rings is 1. The van der Waals surface area contributed by atoms with Crippen molar-refractivity contribution in [1.29, 1.82) is 0 Å². The summed E-state index contributed by atoms with van der Waals surface area (Å²) in [5.74, 6) is 0.449. The standard InChI is InChI=1S/C30H25Cl2N3O2/c1-19-16-22(31)9-11-24(19)21-8-14-28-34-30(20-6-4-3-5-7-20)26(35(28)18-21)12-15-29(36)33-23-10-13-27(37-2)25(32)17-23/h3-11,13-14,16-18H,12,15H2,1-2H3,(H,33,36). The van der Waals surface area contributed by atoms with Gasteiger partial charge in [-0.25, -0.2) is 4.98 Å². The van der Waals surface area contributed by atoms with Gasteiger partial charge >= 0.3 is 0 Å². The Kier molecular flexibility index (Phi) is 7.17. The second-order valence-electron chi connectivity index (χ2n) is 8.78. The van der Waals surface area contributed by atoms with Crippen LogP contribution in [0.5, 0.6) is 5.75 Å². The number of benzene rings is 3. The Balaban J connectivity index is 1.48. The lowest BCUT2D eigenvalue weighted by atomic mass is 10.0. The van der Waals surface area contributed by atoms with Crippen molar-refractivity contribution in [2.24, 2.45) is 0 Å². The van der Waals surface area contributed by atoms with Crippen LogP contribution in [0.25, 0.3) is 28.0 Å². The molecule has 3 aromatic carbocycles. The quantitative estimate of drug-likeness (QED) is 0.233. The maximum atomic E-state index is 12.9. The molecule has 5 nitrogen and oxygen atoms in total. The summed E-state index contributed by atoms with van der Waals surface area (Å²) < 4.78 is 7.28. The van der Waals surface area contributed by atoms with Crippen LogP contribution < -0.4 is 10.1 Å². The number of carbonyl (C=O) groups excluding carboxylic acids is 1. The summed E-state index contributed by atoms with van der Waals surface area (Å²) >= 11 is 12.4. The minimum atomic E-state index is -0.111. The molecule has 0 bridgehead atoms. The average Bonchev–Trinajstić information content (AvgIpc) is 3.26. The Morgan fingerprint density at radius 1 is 0.973 bits per heavy atom. The zero-order valence-corrected chi connectivity index (χ0v) is 22.0. The number of imidazole rings is 1. The molecule has 5 rings (SSSR count). The largest absolute Gasteiger partial charge is 0.495 e. The second kappa shape index (κ2) is 10.7. The van der Waals surface area contributed by atoms with E-state index in [1.807, 2.05) is 61.5 Å². The van der Waals surface area contributed by atoms with Crippen LogP contribution in [0.1, 0.15) is 17.7 Å². The van der Waals surface area contributed by atoms with Crippen molar-refractivity contribution in [2.45, 2.75) is 19.8 Å². The Morgan fingerprint density at radius 2 is 1.78 bits per heavy atom. The molecule has 7 heteroatoms. The molecule has 1 N–H and O–H groups in total. The third-order valence-corrected chi connectivity index (χ3v) is 6.82. The fraction of sp³-hybridized carbons (Fsp3) is 0.133. The Labute approximate surface area is 225 Å². The molecule has 2 heterocycles. The highest BCUT2D eigenvalue weighted by Gasteiger charge is 2.17. The molecule has 0 unspecified atom stereocenters. The molecule has 0 radical (unpaired) electrons. The molecule has 37 heavy (non-hydrogen) atoms. The van der Waals surface area contributed by atoms with E-state index in [2.05, 4.69) is 22.0 Å². The Bertz CT molecular complexity index is 1600. The number of amides is 1. The van der Waals surface area contributed by atoms with Gasteiger partial charge in [-0.15, -0.1) is 0 Å². The molecule has 0 aliphatic heterocycles. The predicted octanol–water partition coefficient (Wildman–Crippen LogP) is 7.86. The highest BCUT2D eigenvalue weighted by molar-refractivity contribution is 6.32. The Hall–Kier alpha value is -3.80. The van der Waals surface area contributed by atoms with Gasteiger partial charge in [0.1, 0.15) is 11.4 Å². The predicted molar refractivity (Wildman–Crippen MR) is 151 cm³/mol. The van der Waals surface area contributed by atoms with Gasteiger partial charge in [-0.3, -0.25) is 4.79 Å². The maximum absolute atomic E-state index is 12.9. The highest BCUT2D eigenvalue weighted by Crippen LogP contribution is 2.31. The molecule has 0 saturated heterocycles. The SMILES string of the molecule is COc1ccc(NC(=O)CCc2c(-c3ccccc3)nc3ccc(-c4ccc(Cl)cc4C)cn23)cc1Cl. The van der Waals surface area contributed by atoms with Crippen LogP contribution in [0.15, 0.2) is 85.1 Å². The van der Waals surface area contributed by atoms with Gasteiger partial charge < -0.3 is 14.5 Å². The fourth-order valence-corrected chi connectivity index (χ4v) is 4.95. The first kappa shape index (κ1) is 24.9. The number of ether oxygens (including phenoxy) is 1. The number of aromatic nitrogens is 2. The van der Waals surface area contributed by atoms with Gasteiger partial charge in [0.25, 0.3) is 0 Å². The minimum Gasteiger partial charge on any atom is -0.495 e. The fourth-order valence-electron chi connectivity index (χ4n) is 4.47. The van der Waals surface area contributed by atoms with Crippen molar-refractivity contribution in [2.75, 3.05) is 12.4 Å². The molecule has 0 saturated carbocycles. The van der Waals surface area contributed by atoms with E-state index in [1.54, 1.807) is 25.3 Å². The monoisotopic (exact) mass is 529 g/mol. The highest BCUT2D eigenvalue weighted by atomic mass is 35.5. The molecule has 0 spiro atoms. The number of nitrogens with one attached hydrogen (secondary N) is 1. The van der Waals surface area contributed by atoms with E-state index in [9.17, 15) is 4.79 Å². The summed E-state index contributed by atoms with van der Waals surface area (Å²) in [7, 11) is 1.55. The van der Waals surface area contributed by atoms with Crippen molar-refractivity contribution < 1.29 is 9.53 Å². The smallest absolute Gasteiger partial charge is 0.224 e. The minimum absolute atomic E-state index is 0.111. The summed E-state index contributed by atoms with van der Waals surface area (Å²) in [5.41, 5.74) is 7.54. The number of anilines is 1. The van der Waals surface area contributed by atoms with E-state index in [4.69, 9.17) is 32.9 Å². The molecule has 0 fully saturated rings. The molecule has 0 aliphatic carbocycles. The van der Waals surface area contributed by atoms with Crippen molar-refractivity contribution in [3.05, 3.63) is 106 Å². The summed E-state index contributed by atoms with van der Waals surface area (Å²) in [5, 5.41) is 4.09. The molecule has 2 aromatic heterocycles. The van der Waals surface area contributed by atoms with Gasteiger partial charge in [0, 0.05) is 28.9 Å². The first-order valence-corrected chi connectivity index (χ1v) is 12.6. The van der Waals surface area contributed by atoms with Crippen LogP contribution in [0.4, 0.5) is 5.69 Å². The number of rotatable bonds is 7. The molecule has 186 valence electrons. The molecule has 5 aromatic rings. The summed E-state index contributed by atoms with van der Waals surface area (Å²) in [6, 6.07) is 25.2. The first-order chi connectivity index (χ1) is 17.9. The van der Waals surface area contributed by atoms with Gasteiger partial charge in [0.15, 0.2) is 0 Å². The number of hydrogen-bond donors (Lipinski definition) is 1. The third kappa shape index (κ3) is 5.33. The molecular formula is C30H25Cl2N3O2. The van der Waals surface area contributed by atoms with Crippen LogP contribution in [0, 0.1) is 6.92 Å². The molecule has 0 aliphatic rings. The van der Waals surface area contributed by atoms with Gasteiger partial charge in [-0.1, -0.05) is 59.6 Å². The van der Waals surface area contributed by atoms with E-state index >= 15 is 0 Å². The zero-order chi connectivity index (χ0) is 25.9. The lowest BCUT2D eigenvalue weighted by Gasteiger charge is -2.10. The van der Waals surface area contributed by atoms with E-state index in [0.717, 1.165) is 39.3 Å². The number of halogens is 2. The van der Waals surface area contributed by atoms with Gasteiger partial charge in [-0.2, -0.15) is 0 Å². The Morgan fingerprint density at radius 3 is 2.51 bits per heavy atom. The average molecular weight is 530 g/mol. The van der Waals surface area contributed by atoms with Crippen LogP contribution in [0.2, 0.25) is 10.0 Å². The number of nitrogens with zero attached hydrogens (tertiary/aromatic N) is 2. The lowest BCUT2D eigenvalue weighted by Crippen LogP contribution is -2.13. The summed E-state index contributed by atoms with van der Waals surface area (Å²) in [6.07, 6.45) is 2.87. The first-order valence-electron chi connectivity index (χ1n) is 11.9. The normalized spacial score (nSPS) is 11.0. The molecular weight excluding hydrogens is 505 g/mol. The molecule has 0 atom stereocenters.